The van der Waals surface area contributed by atoms with Gasteiger partial charge in [0.1, 0.15) is 12.7 Å². The molecule has 12 heteroatoms. The summed E-state index contributed by atoms with van der Waals surface area (Å²) in [5, 5.41) is 28.3. The lowest BCUT2D eigenvalue weighted by molar-refractivity contribution is -0.161. The minimum atomic E-state index is -4.68. The summed E-state index contributed by atoms with van der Waals surface area (Å²) in [7, 11) is -4.68. The fraction of sp³-hybridized carbons (Fsp3) is 0.480. The Bertz CT molecular complexity index is 1540. The number of aliphatic hydroxyl groups is 3. The van der Waals surface area contributed by atoms with Crippen molar-refractivity contribution in [2.24, 2.45) is 0 Å². The highest BCUT2D eigenvalue weighted by atomic mass is 31.2. The van der Waals surface area contributed by atoms with Crippen molar-refractivity contribution in [1.29, 1.82) is 0 Å². The summed E-state index contributed by atoms with van der Waals surface area (Å²) >= 11 is 0. The molecule has 62 heavy (non-hydrogen) atoms. The molecule has 0 radical (unpaired) electrons. The molecule has 0 aliphatic carbocycles. The SMILES string of the molecule is CC/C=C\C/C=C\C/C=C\C/C=C\C/C=C\C/C=C\CCC(=O)O[C@H](COC(=O)CC/C=C\C/C=C\C/C=C\C=C\C(O)C/C=C\C/C=C\CC)COP(=O)(O)OC[C@@H](O)CO. The minimum absolute atomic E-state index is 0.0229. The molecule has 4 atom stereocenters. The van der Waals surface area contributed by atoms with E-state index in [1.165, 1.54) is 0 Å². The van der Waals surface area contributed by atoms with E-state index in [1.807, 2.05) is 72.9 Å². The fourth-order valence-electron chi connectivity index (χ4n) is 4.77. The maximum atomic E-state index is 12.6. The highest BCUT2D eigenvalue weighted by Gasteiger charge is 2.27. The number of ether oxygens (including phenoxy) is 2. The molecule has 2 unspecified atom stereocenters. The third-order valence-corrected chi connectivity index (χ3v) is 9.05. The summed E-state index contributed by atoms with van der Waals surface area (Å²) in [5.41, 5.74) is 0. The lowest BCUT2D eigenvalue weighted by atomic mass is 10.2. The van der Waals surface area contributed by atoms with Crippen LogP contribution in [-0.2, 0) is 32.7 Å². The molecule has 0 bridgehead atoms. The lowest BCUT2D eigenvalue weighted by Gasteiger charge is -2.20. The molecule has 0 heterocycles. The van der Waals surface area contributed by atoms with Crippen LogP contribution in [-0.4, -0.2) is 76.9 Å². The number of hydrogen-bond donors (Lipinski definition) is 4. The van der Waals surface area contributed by atoms with E-state index in [0.29, 0.717) is 32.1 Å². The van der Waals surface area contributed by atoms with Crippen LogP contribution in [0.15, 0.2) is 146 Å². The highest BCUT2D eigenvalue weighted by Crippen LogP contribution is 2.43. The molecule has 4 N–H and O–H groups in total. The molecule has 0 aromatic heterocycles. The fourth-order valence-corrected chi connectivity index (χ4v) is 5.56. The van der Waals surface area contributed by atoms with Crippen LogP contribution in [0.5, 0.6) is 0 Å². The second-order valence-corrected chi connectivity index (χ2v) is 15.3. The average Bonchev–Trinajstić information content (AvgIpc) is 3.26. The number of hydrogen-bond acceptors (Lipinski definition) is 10. The van der Waals surface area contributed by atoms with Gasteiger partial charge in [0.15, 0.2) is 6.10 Å². The molecule has 0 amide bonds. The Morgan fingerprint density at radius 2 is 0.952 bits per heavy atom. The zero-order chi connectivity index (χ0) is 45.6. The molecule has 0 spiro atoms. The lowest BCUT2D eigenvalue weighted by Crippen LogP contribution is -2.29. The van der Waals surface area contributed by atoms with Crippen molar-refractivity contribution < 1.29 is 52.9 Å². The van der Waals surface area contributed by atoms with E-state index in [1.54, 1.807) is 6.08 Å². The first-order valence-electron chi connectivity index (χ1n) is 21.9. The van der Waals surface area contributed by atoms with Gasteiger partial charge in [-0.25, -0.2) is 4.57 Å². The number of esters is 2. The summed E-state index contributed by atoms with van der Waals surface area (Å²) in [6.07, 6.45) is 55.8. The number of carbonyl (C=O) groups excluding carboxylic acids is 2. The predicted molar refractivity (Wildman–Crippen MR) is 252 cm³/mol. The summed E-state index contributed by atoms with van der Waals surface area (Å²) in [6, 6.07) is 0. The smallest absolute Gasteiger partial charge is 0.462 e. The topological polar surface area (TPSA) is 169 Å². The monoisotopic (exact) mass is 883 g/mol. The standard InChI is InChI=1S/C50H75O11P/c1-3-5-7-9-11-12-13-14-15-16-17-18-19-20-21-26-29-33-37-41-50(55)61-48(45-60-62(56,57)59-43-47(53)42-51)44-58-49(54)40-36-32-28-25-23-22-24-27-31-35-39-46(52)38-34-30-10-8-6-4-2/h5-8,11-12,14-15,17-18,20-23,27-35,39,46-48,51-53H,3-4,9-10,13,16,19,24-26,36-38,40-45H2,1-2H3,(H,56,57)/b7-5-,8-6-,12-11-,15-14-,18-17-,21-20-,23-22-,31-27-,32-28-,33-29-,34-30-,39-35+/t46?,47-,48+/m0/s1. The summed E-state index contributed by atoms with van der Waals surface area (Å²) in [4.78, 5) is 35.0. The molecule has 0 aliphatic rings. The first kappa shape index (κ1) is 57.8. The van der Waals surface area contributed by atoms with Gasteiger partial charge in [-0.05, 0) is 83.5 Å². The van der Waals surface area contributed by atoms with Crippen molar-refractivity contribution in [2.75, 3.05) is 26.4 Å². The maximum absolute atomic E-state index is 12.6. The Morgan fingerprint density at radius 1 is 0.532 bits per heavy atom. The third-order valence-electron chi connectivity index (χ3n) is 8.10. The first-order valence-corrected chi connectivity index (χ1v) is 23.4. The van der Waals surface area contributed by atoms with Crippen molar-refractivity contribution in [1.82, 2.24) is 0 Å². The molecular formula is C50H75O11P. The van der Waals surface area contributed by atoms with Gasteiger partial charge in [0, 0.05) is 12.8 Å². The van der Waals surface area contributed by atoms with Gasteiger partial charge in [-0.3, -0.25) is 18.6 Å². The summed E-state index contributed by atoms with van der Waals surface area (Å²) in [6.45, 7) is 1.86. The van der Waals surface area contributed by atoms with Gasteiger partial charge in [-0.2, -0.15) is 0 Å². The number of carbonyl (C=O) groups is 2. The van der Waals surface area contributed by atoms with E-state index in [9.17, 15) is 29.3 Å². The van der Waals surface area contributed by atoms with Crippen LogP contribution in [0.1, 0.15) is 110 Å². The van der Waals surface area contributed by atoms with Gasteiger partial charge in [0.25, 0.3) is 0 Å². The van der Waals surface area contributed by atoms with Gasteiger partial charge in [0.05, 0.1) is 25.9 Å². The number of allylic oxidation sites excluding steroid dienone is 22. The van der Waals surface area contributed by atoms with Gasteiger partial charge in [-0.1, -0.05) is 160 Å². The van der Waals surface area contributed by atoms with Crippen LogP contribution in [0.25, 0.3) is 0 Å². The average molecular weight is 883 g/mol. The third kappa shape index (κ3) is 42.5. The molecule has 0 fully saturated rings. The molecule has 0 aromatic rings. The van der Waals surface area contributed by atoms with Crippen LogP contribution in [0.4, 0.5) is 0 Å². The van der Waals surface area contributed by atoms with Crippen LogP contribution in [0.3, 0.4) is 0 Å². The second kappa shape index (κ2) is 43.5. The Kier molecular flexibility index (Phi) is 40.5. The van der Waals surface area contributed by atoms with Gasteiger partial charge in [0.2, 0.25) is 0 Å². The number of phosphoric acid groups is 1. The van der Waals surface area contributed by atoms with Crippen molar-refractivity contribution in [3.05, 3.63) is 146 Å². The number of aliphatic hydroxyl groups excluding tert-OH is 3. The van der Waals surface area contributed by atoms with Crippen molar-refractivity contribution >= 4 is 19.8 Å². The zero-order valence-electron chi connectivity index (χ0n) is 37.1. The zero-order valence-corrected chi connectivity index (χ0v) is 38.0. The van der Waals surface area contributed by atoms with Crippen LogP contribution in [0.2, 0.25) is 0 Å². The Balaban J connectivity index is 4.62. The molecule has 0 rings (SSSR count). The summed E-state index contributed by atoms with van der Waals surface area (Å²) < 4.78 is 32.5. The molecule has 11 nitrogen and oxygen atoms in total. The maximum Gasteiger partial charge on any atom is 0.472 e. The summed E-state index contributed by atoms with van der Waals surface area (Å²) in [5.74, 6) is -1.17. The van der Waals surface area contributed by atoms with Crippen molar-refractivity contribution in [3.8, 4) is 0 Å². The van der Waals surface area contributed by atoms with E-state index in [2.05, 4.69) is 85.2 Å². The van der Waals surface area contributed by atoms with E-state index >= 15 is 0 Å². The van der Waals surface area contributed by atoms with E-state index in [0.717, 1.165) is 51.4 Å². The Labute approximate surface area is 372 Å². The number of rotatable bonds is 38. The Hall–Kier alpha value is -4.19. The largest absolute Gasteiger partial charge is 0.472 e. The Morgan fingerprint density at radius 3 is 1.44 bits per heavy atom. The van der Waals surface area contributed by atoms with Crippen LogP contribution >= 0.6 is 7.82 Å². The highest BCUT2D eigenvalue weighted by molar-refractivity contribution is 7.47. The predicted octanol–water partition coefficient (Wildman–Crippen LogP) is 10.9. The first-order chi connectivity index (χ1) is 30.1. The molecule has 0 aromatic carbocycles. The van der Waals surface area contributed by atoms with E-state index < -0.39 is 64.5 Å². The van der Waals surface area contributed by atoms with Gasteiger partial charge < -0.3 is 29.7 Å². The molecular weight excluding hydrogens is 808 g/mol. The van der Waals surface area contributed by atoms with Crippen LogP contribution in [0, 0.1) is 0 Å². The van der Waals surface area contributed by atoms with Crippen molar-refractivity contribution in [3.63, 3.8) is 0 Å². The van der Waals surface area contributed by atoms with E-state index in [4.69, 9.17) is 19.1 Å². The van der Waals surface area contributed by atoms with Crippen LogP contribution < -0.4 is 0 Å². The second-order valence-electron chi connectivity index (χ2n) is 13.8. The molecule has 0 saturated carbocycles. The number of phosphoric ester groups is 1. The van der Waals surface area contributed by atoms with Gasteiger partial charge in [-0.15, -0.1) is 0 Å². The normalized spacial score (nSPS) is 15.6. The van der Waals surface area contributed by atoms with Gasteiger partial charge >= 0.3 is 19.8 Å². The van der Waals surface area contributed by atoms with E-state index in [-0.39, 0.29) is 12.8 Å². The van der Waals surface area contributed by atoms with Crippen molar-refractivity contribution in [2.45, 2.75) is 128 Å². The molecule has 346 valence electrons. The molecule has 0 aliphatic heterocycles. The quantitative estimate of drug-likeness (QED) is 0.0201. The molecule has 0 saturated heterocycles. The minimum Gasteiger partial charge on any atom is -0.462 e.